The van der Waals surface area contributed by atoms with Crippen LogP contribution in [0.4, 0.5) is 10.5 Å². The fraction of sp³-hybridized carbons (Fsp3) is 0.500. The van der Waals surface area contributed by atoms with Gasteiger partial charge in [0.1, 0.15) is 17.4 Å². The molecule has 1 amide bonds. The van der Waals surface area contributed by atoms with E-state index in [4.69, 9.17) is 9.47 Å². The van der Waals surface area contributed by atoms with Crippen molar-refractivity contribution in [1.29, 1.82) is 0 Å². The van der Waals surface area contributed by atoms with E-state index in [1.165, 1.54) is 6.92 Å². The zero-order valence-corrected chi connectivity index (χ0v) is 13.6. The molecule has 0 radical (unpaired) electrons. The van der Waals surface area contributed by atoms with Crippen LogP contribution < -0.4 is 9.64 Å². The molecular formula is C16H23NO5. The lowest BCUT2D eigenvalue weighted by molar-refractivity contribution is -0.138. The average Bonchev–Trinajstić information content (AvgIpc) is 2.37. The molecule has 0 aliphatic heterocycles. The minimum atomic E-state index is -1.12. The Kier molecular flexibility index (Phi) is 5.79. The molecule has 0 saturated heterocycles. The van der Waals surface area contributed by atoms with Gasteiger partial charge in [-0.15, -0.1) is 0 Å². The van der Waals surface area contributed by atoms with Crippen LogP contribution in [0.1, 0.15) is 34.6 Å². The molecule has 122 valence electrons. The lowest BCUT2D eigenvalue weighted by atomic mass is 10.2. The highest BCUT2D eigenvalue weighted by Gasteiger charge is 2.31. The average molecular weight is 309 g/mol. The molecule has 1 N–H and O–H groups in total. The summed E-state index contributed by atoms with van der Waals surface area (Å²) in [5.74, 6) is -0.557. The van der Waals surface area contributed by atoms with Crippen molar-refractivity contribution >= 4 is 17.7 Å². The SMILES string of the molecule is CCOc1cccc(N(C(=O)OC(C)(C)C)[C@@H](C)C(=O)O)c1. The van der Waals surface area contributed by atoms with Gasteiger partial charge in [-0.3, -0.25) is 4.90 Å². The molecule has 1 rings (SSSR count). The topological polar surface area (TPSA) is 76.1 Å². The van der Waals surface area contributed by atoms with Crippen LogP contribution in [0, 0.1) is 0 Å². The van der Waals surface area contributed by atoms with Crippen molar-refractivity contribution in [3.63, 3.8) is 0 Å². The van der Waals surface area contributed by atoms with E-state index in [1.807, 2.05) is 6.92 Å². The maximum atomic E-state index is 12.4. The van der Waals surface area contributed by atoms with Crippen molar-refractivity contribution in [2.75, 3.05) is 11.5 Å². The highest BCUT2D eigenvalue weighted by molar-refractivity contribution is 5.95. The first-order valence-corrected chi connectivity index (χ1v) is 7.13. The zero-order chi connectivity index (χ0) is 16.9. The fourth-order valence-electron chi connectivity index (χ4n) is 1.80. The summed E-state index contributed by atoms with van der Waals surface area (Å²) in [6, 6.07) is 5.64. The number of aliphatic carboxylic acids is 1. The van der Waals surface area contributed by atoms with Crippen molar-refractivity contribution in [2.45, 2.75) is 46.3 Å². The summed E-state index contributed by atoms with van der Waals surface area (Å²) in [6.45, 7) is 8.93. The second-order valence-corrected chi connectivity index (χ2v) is 5.79. The van der Waals surface area contributed by atoms with Crippen molar-refractivity contribution in [1.82, 2.24) is 0 Å². The molecular weight excluding hydrogens is 286 g/mol. The maximum absolute atomic E-state index is 12.4. The number of benzene rings is 1. The molecule has 22 heavy (non-hydrogen) atoms. The summed E-state index contributed by atoms with van der Waals surface area (Å²) in [7, 11) is 0. The van der Waals surface area contributed by atoms with E-state index in [9.17, 15) is 14.7 Å². The van der Waals surface area contributed by atoms with Crippen LogP contribution in [0.3, 0.4) is 0 Å². The fourth-order valence-corrected chi connectivity index (χ4v) is 1.80. The quantitative estimate of drug-likeness (QED) is 0.903. The first kappa shape index (κ1) is 17.8. The lowest BCUT2D eigenvalue weighted by Gasteiger charge is -2.30. The number of nitrogens with zero attached hydrogens (tertiary/aromatic N) is 1. The minimum absolute atomic E-state index is 0.412. The van der Waals surface area contributed by atoms with Gasteiger partial charge in [0.05, 0.1) is 12.3 Å². The first-order chi connectivity index (χ1) is 10.2. The zero-order valence-electron chi connectivity index (χ0n) is 13.6. The number of anilines is 1. The van der Waals surface area contributed by atoms with Gasteiger partial charge >= 0.3 is 12.1 Å². The Morgan fingerprint density at radius 3 is 2.45 bits per heavy atom. The number of carbonyl (C=O) groups excluding carboxylic acids is 1. The second-order valence-electron chi connectivity index (χ2n) is 5.79. The lowest BCUT2D eigenvalue weighted by Crippen LogP contribution is -2.46. The number of ether oxygens (including phenoxy) is 2. The second kappa shape index (κ2) is 7.15. The maximum Gasteiger partial charge on any atom is 0.415 e. The Balaban J connectivity index is 3.17. The van der Waals surface area contributed by atoms with Crippen molar-refractivity contribution in [3.8, 4) is 5.75 Å². The number of amides is 1. The predicted molar refractivity (Wildman–Crippen MR) is 83.4 cm³/mol. The molecule has 0 spiro atoms. The minimum Gasteiger partial charge on any atom is -0.494 e. The number of carboxylic acids is 1. The van der Waals surface area contributed by atoms with Gasteiger partial charge in [0.25, 0.3) is 0 Å². The largest absolute Gasteiger partial charge is 0.494 e. The monoisotopic (exact) mass is 309 g/mol. The van der Waals surface area contributed by atoms with Crippen molar-refractivity contribution in [3.05, 3.63) is 24.3 Å². The third-order valence-corrected chi connectivity index (χ3v) is 2.74. The highest BCUT2D eigenvalue weighted by Crippen LogP contribution is 2.25. The van der Waals surface area contributed by atoms with E-state index in [0.29, 0.717) is 18.0 Å². The molecule has 0 saturated carbocycles. The Bertz CT molecular complexity index is 536. The molecule has 1 aromatic carbocycles. The van der Waals surface area contributed by atoms with Gasteiger partial charge < -0.3 is 14.6 Å². The van der Waals surface area contributed by atoms with Gasteiger partial charge in [-0.2, -0.15) is 0 Å². The van der Waals surface area contributed by atoms with Gasteiger partial charge in [0.2, 0.25) is 0 Å². The standard InChI is InChI=1S/C16H23NO5/c1-6-21-13-9-7-8-12(10-13)17(11(2)14(18)19)15(20)22-16(3,4)5/h7-11H,6H2,1-5H3,(H,18,19)/t11-/m0/s1. The van der Waals surface area contributed by atoms with Crippen LogP contribution in [-0.2, 0) is 9.53 Å². The normalized spacial score (nSPS) is 12.4. The highest BCUT2D eigenvalue weighted by atomic mass is 16.6. The number of rotatable bonds is 5. The summed E-state index contributed by atoms with van der Waals surface area (Å²) in [5.41, 5.74) is -0.305. The summed E-state index contributed by atoms with van der Waals surface area (Å²) >= 11 is 0. The molecule has 0 unspecified atom stereocenters. The van der Waals surface area contributed by atoms with Crippen LogP contribution in [0.2, 0.25) is 0 Å². The molecule has 0 bridgehead atoms. The summed E-state index contributed by atoms with van der Waals surface area (Å²) in [5, 5.41) is 9.25. The third kappa shape index (κ3) is 4.95. The number of carboxylic acid groups (broad SMARTS) is 1. The molecule has 0 aliphatic carbocycles. The number of hydrogen-bond donors (Lipinski definition) is 1. The molecule has 1 atom stereocenters. The Morgan fingerprint density at radius 1 is 1.32 bits per heavy atom. The number of carbonyl (C=O) groups is 2. The summed E-state index contributed by atoms with van der Waals surface area (Å²) in [6.07, 6.45) is -0.712. The van der Waals surface area contributed by atoms with E-state index in [-0.39, 0.29) is 0 Å². The van der Waals surface area contributed by atoms with Gasteiger partial charge in [-0.05, 0) is 46.8 Å². The molecule has 0 aromatic heterocycles. The van der Waals surface area contributed by atoms with Gasteiger partial charge in [0, 0.05) is 6.07 Å². The van der Waals surface area contributed by atoms with E-state index in [1.54, 1.807) is 45.0 Å². The van der Waals surface area contributed by atoms with Crippen LogP contribution in [0.5, 0.6) is 5.75 Å². The molecule has 1 aromatic rings. The van der Waals surface area contributed by atoms with Crippen molar-refractivity contribution in [2.24, 2.45) is 0 Å². The Morgan fingerprint density at radius 2 is 1.95 bits per heavy atom. The van der Waals surface area contributed by atoms with E-state index in [0.717, 1.165) is 4.90 Å². The van der Waals surface area contributed by atoms with Gasteiger partial charge in [-0.1, -0.05) is 6.07 Å². The summed E-state index contributed by atoms with van der Waals surface area (Å²) < 4.78 is 10.7. The van der Waals surface area contributed by atoms with Crippen molar-refractivity contribution < 1.29 is 24.2 Å². The van der Waals surface area contributed by atoms with Gasteiger partial charge in [-0.25, -0.2) is 9.59 Å². The van der Waals surface area contributed by atoms with Crippen LogP contribution in [-0.4, -0.2) is 35.4 Å². The van der Waals surface area contributed by atoms with Crippen LogP contribution in [0.25, 0.3) is 0 Å². The van der Waals surface area contributed by atoms with E-state index in [2.05, 4.69) is 0 Å². The van der Waals surface area contributed by atoms with Crippen LogP contribution in [0.15, 0.2) is 24.3 Å². The number of hydrogen-bond acceptors (Lipinski definition) is 4. The Hall–Kier alpha value is -2.24. The molecule has 0 aliphatic rings. The third-order valence-electron chi connectivity index (χ3n) is 2.74. The predicted octanol–water partition coefficient (Wildman–Crippen LogP) is 3.30. The molecule has 0 fully saturated rings. The van der Waals surface area contributed by atoms with E-state index >= 15 is 0 Å². The first-order valence-electron chi connectivity index (χ1n) is 7.13. The summed E-state index contributed by atoms with van der Waals surface area (Å²) in [4.78, 5) is 24.8. The molecule has 0 heterocycles. The molecule has 6 heteroatoms. The van der Waals surface area contributed by atoms with Crippen LogP contribution >= 0.6 is 0 Å². The molecule has 6 nitrogen and oxygen atoms in total. The van der Waals surface area contributed by atoms with E-state index < -0.39 is 23.7 Å². The Labute approximate surface area is 130 Å². The smallest absolute Gasteiger partial charge is 0.415 e. The van der Waals surface area contributed by atoms with Gasteiger partial charge in [0.15, 0.2) is 0 Å².